The van der Waals surface area contributed by atoms with E-state index in [1.807, 2.05) is 20.8 Å². The van der Waals surface area contributed by atoms with Crippen LogP contribution in [0.2, 0.25) is 0 Å². The highest BCUT2D eigenvalue weighted by atomic mass is 16.6. The summed E-state index contributed by atoms with van der Waals surface area (Å²) < 4.78 is 5.26. The maximum absolute atomic E-state index is 12.7. The Morgan fingerprint density at radius 2 is 1.71 bits per heavy atom. The van der Waals surface area contributed by atoms with Crippen molar-refractivity contribution >= 4 is 18.1 Å². The van der Waals surface area contributed by atoms with Crippen molar-refractivity contribution in [3.05, 3.63) is 41.0 Å². The van der Waals surface area contributed by atoms with Crippen molar-refractivity contribution in [2.24, 2.45) is 0 Å². The Morgan fingerprint density at radius 3 is 2.21 bits per heavy atom. The normalized spacial score (nSPS) is 14.4. The fourth-order valence-electron chi connectivity index (χ4n) is 2.86. The summed E-state index contributed by atoms with van der Waals surface area (Å²) in [6.45, 7) is 6.55. The second-order valence-electron chi connectivity index (χ2n) is 7.62. The first-order valence-corrected chi connectivity index (χ1v) is 9.12. The molecule has 1 N–H and O–H groups in total. The molecule has 1 aromatic rings. The third kappa shape index (κ3) is 6.14. The molecule has 0 spiro atoms. The van der Waals surface area contributed by atoms with E-state index < -0.39 is 11.7 Å². The number of piperidine rings is 1. The van der Waals surface area contributed by atoms with Gasteiger partial charge in [0.1, 0.15) is 23.3 Å². The van der Waals surface area contributed by atoms with Crippen LogP contribution in [0.15, 0.2) is 29.8 Å². The Kier molecular flexibility index (Phi) is 6.79. The standard InChI is InChI=1S/C21H24N4O3/c1-21(2,3)28-20(27)24-18-8-10-25(11-9-18)19(26)17-6-4-15(5-7-17)12-16(13-22)14-23/h4-7,12,18H,8-11H2,1-3H3,(H,24,27). The number of amides is 2. The number of carbonyl (C=O) groups excluding carboxylic acids is 2. The highest BCUT2D eigenvalue weighted by molar-refractivity contribution is 5.94. The van der Waals surface area contributed by atoms with Crippen LogP contribution in [0.4, 0.5) is 4.79 Å². The molecule has 2 amide bonds. The van der Waals surface area contributed by atoms with E-state index in [-0.39, 0.29) is 17.5 Å². The van der Waals surface area contributed by atoms with Crippen LogP contribution in [0.25, 0.3) is 6.08 Å². The van der Waals surface area contributed by atoms with E-state index in [1.54, 1.807) is 41.3 Å². The van der Waals surface area contributed by atoms with Crippen molar-refractivity contribution in [3.8, 4) is 12.1 Å². The number of likely N-dealkylation sites (tertiary alicyclic amines) is 1. The molecule has 28 heavy (non-hydrogen) atoms. The molecule has 0 saturated carbocycles. The number of alkyl carbamates (subject to hydrolysis) is 1. The van der Waals surface area contributed by atoms with Gasteiger partial charge in [-0.25, -0.2) is 4.79 Å². The second kappa shape index (κ2) is 9.05. The summed E-state index contributed by atoms with van der Waals surface area (Å²) in [6, 6.07) is 10.4. The fourth-order valence-corrected chi connectivity index (χ4v) is 2.86. The lowest BCUT2D eigenvalue weighted by Gasteiger charge is -2.33. The average molecular weight is 380 g/mol. The van der Waals surface area contributed by atoms with Gasteiger partial charge in [0.15, 0.2) is 0 Å². The molecule has 1 aromatic carbocycles. The van der Waals surface area contributed by atoms with Crippen molar-refractivity contribution in [2.75, 3.05) is 13.1 Å². The van der Waals surface area contributed by atoms with Gasteiger partial charge in [0.05, 0.1) is 0 Å². The summed E-state index contributed by atoms with van der Waals surface area (Å²) >= 11 is 0. The first kappa shape index (κ1) is 21.0. The lowest BCUT2D eigenvalue weighted by Crippen LogP contribution is -2.47. The summed E-state index contributed by atoms with van der Waals surface area (Å²) in [5, 5.41) is 20.4. The number of hydrogen-bond donors (Lipinski definition) is 1. The Balaban J connectivity index is 1.90. The number of rotatable bonds is 3. The molecule has 7 nitrogen and oxygen atoms in total. The molecule has 0 atom stereocenters. The fraction of sp³-hybridized carbons (Fsp3) is 0.429. The molecular formula is C21H24N4O3. The molecule has 0 aliphatic carbocycles. The molecular weight excluding hydrogens is 356 g/mol. The third-order valence-electron chi connectivity index (χ3n) is 4.21. The highest BCUT2D eigenvalue weighted by Gasteiger charge is 2.26. The zero-order valence-electron chi connectivity index (χ0n) is 16.4. The van der Waals surface area contributed by atoms with Gasteiger partial charge in [0.25, 0.3) is 5.91 Å². The number of benzene rings is 1. The Labute approximate surface area is 165 Å². The summed E-state index contributed by atoms with van der Waals surface area (Å²) in [7, 11) is 0. The van der Waals surface area contributed by atoms with E-state index in [1.165, 1.54) is 6.08 Å². The van der Waals surface area contributed by atoms with Gasteiger partial charge in [0.2, 0.25) is 0 Å². The Morgan fingerprint density at radius 1 is 1.14 bits per heavy atom. The van der Waals surface area contributed by atoms with Crippen molar-refractivity contribution in [2.45, 2.75) is 45.3 Å². The van der Waals surface area contributed by atoms with Crippen molar-refractivity contribution in [3.63, 3.8) is 0 Å². The molecule has 1 saturated heterocycles. The van der Waals surface area contributed by atoms with Crippen LogP contribution in [-0.2, 0) is 4.74 Å². The van der Waals surface area contributed by atoms with E-state index in [2.05, 4.69) is 5.32 Å². The lowest BCUT2D eigenvalue weighted by molar-refractivity contribution is 0.0473. The van der Waals surface area contributed by atoms with Gasteiger partial charge in [-0.05, 0) is 57.4 Å². The Hall–Kier alpha value is -3.32. The number of hydrogen-bond acceptors (Lipinski definition) is 5. The van der Waals surface area contributed by atoms with Crippen molar-refractivity contribution in [1.29, 1.82) is 10.5 Å². The highest BCUT2D eigenvalue weighted by Crippen LogP contribution is 2.16. The Bertz CT molecular complexity index is 814. The monoisotopic (exact) mass is 380 g/mol. The van der Waals surface area contributed by atoms with Crippen LogP contribution in [0.3, 0.4) is 0 Å². The first-order chi connectivity index (χ1) is 13.2. The molecule has 0 aromatic heterocycles. The number of carbonyl (C=O) groups is 2. The van der Waals surface area contributed by atoms with Gasteiger partial charge >= 0.3 is 6.09 Å². The molecule has 0 radical (unpaired) electrons. The molecule has 146 valence electrons. The lowest BCUT2D eigenvalue weighted by atomic mass is 10.0. The van der Waals surface area contributed by atoms with Gasteiger partial charge in [-0.3, -0.25) is 4.79 Å². The number of nitriles is 2. The molecule has 2 rings (SSSR count). The quantitative estimate of drug-likeness (QED) is 0.810. The van der Waals surface area contributed by atoms with E-state index in [9.17, 15) is 9.59 Å². The van der Waals surface area contributed by atoms with Gasteiger partial charge in [0, 0.05) is 24.7 Å². The van der Waals surface area contributed by atoms with Crippen molar-refractivity contribution in [1.82, 2.24) is 10.2 Å². The summed E-state index contributed by atoms with van der Waals surface area (Å²) in [5.41, 5.74) is 0.711. The van der Waals surface area contributed by atoms with Gasteiger partial charge < -0.3 is 15.0 Å². The van der Waals surface area contributed by atoms with Gasteiger partial charge in [-0.2, -0.15) is 10.5 Å². The molecule has 0 bridgehead atoms. The number of ether oxygens (including phenoxy) is 1. The maximum atomic E-state index is 12.7. The zero-order valence-corrected chi connectivity index (χ0v) is 16.4. The smallest absolute Gasteiger partial charge is 0.407 e. The third-order valence-corrected chi connectivity index (χ3v) is 4.21. The van der Waals surface area contributed by atoms with Crippen LogP contribution >= 0.6 is 0 Å². The van der Waals surface area contributed by atoms with Gasteiger partial charge in [-0.1, -0.05) is 12.1 Å². The molecule has 0 unspecified atom stereocenters. The summed E-state index contributed by atoms with van der Waals surface area (Å²) in [5.74, 6) is -0.0768. The van der Waals surface area contributed by atoms with E-state index in [4.69, 9.17) is 15.3 Å². The zero-order chi connectivity index (χ0) is 20.7. The molecule has 1 aliphatic rings. The van der Waals surface area contributed by atoms with E-state index in [0.717, 1.165) is 0 Å². The largest absolute Gasteiger partial charge is 0.444 e. The minimum atomic E-state index is -0.538. The van der Waals surface area contributed by atoms with Crippen LogP contribution in [0.5, 0.6) is 0 Å². The predicted octanol–water partition coefficient (Wildman–Crippen LogP) is 3.25. The SMILES string of the molecule is CC(C)(C)OC(=O)NC1CCN(C(=O)c2ccc(C=C(C#N)C#N)cc2)CC1. The molecule has 1 heterocycles. The predicted molar refractivity (Wildman–Crippen MR) is 104 cm³/mol. The van der Waals surface area contributed by atoms with Crippen LogP contribution in [0.1, 0.15) is 49.5 Å². The van der Waals surface area contributed by atoms with Crippen LogP contribution < -0.4 is 5.32 Å². The molecule has 7 heteroatoms. The molecule has 1 aliphatic heterocycles. The minimum Gasteiger partial charge on any atom is -0.444 e. The maximum Gasteiger partial charge on any atom is 0.407 e. The minimum absolute atomic E-state index is 0.0122. The average Bonchev–Trinajstić information content (AvgIpc) is 2.65. The summed E-state index contributed by atoms with van der Waals surface area (Å²) in [4.78, 5) is 26.3. The summed E-state index contributed by atoms with van der Waals surface area (Å²) in [6.07, 6.45) is 2.37. The van der Waals surface area contributed by atoms with Crippen molar-refractivity contribution < 1.29 is 14.3 Å². The van der Waals surface area contributed by atoms with E-state index >= 15 is 0 Å². The van der Waals surface area contributed by atoms with Crippen LogP contribution in [-0.4, -0.2) is 41.6 Å². The molecule has 1 fully saturated rings. The van der Waals surface area contributed by atoms with Crippen LogP contribution in [0, 0.1) is 22.7 Å². The first-order valence-electron chi connectivity index (χ1n) is 9.12. The number of nitrogens with one attached hydrogen (secondary N) is 1. The number of allylic oxidation sites excluding steroid dienone is 1. The topological polar surface area (TPSA) is 106 Å². The van der Waals surface area contributed by atoms with E-state index in [0.29, 0.717) is 37.1 Å². The van der Waals surface area contributed by atoms with Gasteiger partial charge in [-0.15, -0.1) is 0 Å². The number of nitrogens with zero attached hydrogens (tertiary/aromatic N) is 3. The second-order valence-corrected chi connectivity index (χ2v) is 7.62.